The van der Waals surface area contributed by atoms with Gasteiger partial charge in [-0.15, -0.1) is 0 Å². The average Bonchev–Trinajstić information content (AvgIpc) is 2.28. The standard InChI is InChI=1S/C14H22O4/c1-10(6-4-8-11(2)13(15)16)7-5-9-12(3)14(17)18/h8-10H,4-7H2,1-3H3,(H,15,16)(H,17,18). The second-order valence-electron chi connectivity index (χ2n) is 4.64. The van der Waals surface area contributed by atoms with Gasteiger partial charge in [0.05, 0.1) is 0 Å². The molecule has 0 fully saturated rings. The van der Waals surface area contributed by atoms with E-state index < -0.39 is 11.9 Å². The van der Waals surface area contributed by atoms with Gasteiger partial charge in [0.25, 0.3) is 0 Å². The highest BCUT2D eigenvalue weighted by Gasteiger charge is 2.03. The summed E-state index contributed by atoms with van der Waals surface area (Å²) in [5.41, 5.74) is 0.757. The molecule has 2 N–H and O–H groups in total. The van der Waals surface area contributed by atoms with E-state index in [1.807, 2.05) is 0 Å². The van der Waals surface area contributed by atoms with Crippen molar-refractivity contribution in [1.82, 2.24) is 0 Å². The van der Waals surface area contributed by atoms with E-state index in [1.54, 1.807) is 26.0 Å². The molecule has 0 amide bonds. The summed E-state index contributed by atoms with van der Waals surface area (Å²) in [6.45, 7) is 5.27. The SMILES string of the molecule is CC(=CCCC(C)CCC=C(C)C(=O)O)C(=O)O. The molecule has 0 rings (SSSR count). The van der Waals surface area contributed by atoms with Crippen molar-refractivity contribution in [2.24, 2.45) is 5.92 Å². The third-order valence-electron chi connectivity index (χ3n) is 2.89. The molecule has 0 aromatic carbocycles. The van der Waals surface area contributed by atoms with Crippen LogP contribution < -0.4 is 0 Å². The highest BCUT2D eigenvalue weighted by atomic mass is 16.4. The zero-order valence-electron chi connectivity index (χ0n) is 11.3. The van der Waals surface area contributed by atoms with Crippen molar-refractivity contribution in [3.8, 4) is 0 Å². The summed E-state index contributed by atoms with van der Waals surface area (Å²) in [5.74, 6) is -1.29. The van der Waals surface area contributed by atoms with Crippen LogP contribution in [-0.4, -0.2) is 22.2 Å². The molecular formula is C14H22O4. The molecule has 0 unspecified atom stereocenters. The summed E-state index contributed by atoms with van der Waals surface area (Å²) >= 11 is 0. The Balaban J connectivity index is 3.89. The van der Waals surface area contributed by atoms with Gasteiger partial charge in [-0.2, -0.15) is 0 Å². The van der Waals surface area contributed by atoms with E-state index in [0.717, 1.165) is 25.7 Å². The van der Waals surface area contributed by atoms with E-state index in [9.17, 15) is 9.59 Å². The van der Waals surface area contributed by atoms with Gasteiger partial charge < -0.3 is 10.2 Å². The topological polar surface area (TPSA) is 74.6 Å². The predicted octanol–water partition coefficient (Wildman–Crippen LogP) is 3.24. The normalized spacial score (nSPS) is 14.4. The molecule has 0 aliphatic rings. The van der Waals surface area contributed by atoms with Crippen LogP contribution in [0.1, 0.15) is 46.5 Å². The predicted molar refractivity (Wildman–Crippen MR) is 70.4 cm³/mol. The fraction of sp³-hybridized carbons (Fsp3) is 0.571. The Labute approximate surface area is 108 Å². The molecule has 18 heavy (non-hydrogen) atoms. The Morgan fingerprint density at radius 3 is 1.56 bits per heavy atom. The number of aliphatic carboxylic acids is 2. The summed E-state index contributed by atoms with van der Waals surface area (Å²) in [6.07, 6.45) is 6.81. The molecule has 0 atom stereocenters. The minimum Gasteiger partial charge on any atom is -0.478 e. The highest BCUT2D eigenvalue weighted by molar-refractivity contribution is 5.86. The monoisotopic (exact) mass is 254 g/mol. The van der Waals surface area contributed by atoms with Gasteiger partial charge in [0.15, 0.2) is 0 Å². The first-order chi connectivity index (χ1) is 8.34. The number of rotatable bonds is 8. The Hall–Kier alpha value is -1.58. The maximum absolute atomic E-state index is 10.6. The van der Waals surface area contributed by atoms with Crippen LogP contribution in [0, 0.1) is 5.92 Å². The summed E-state index contributed by atoms with van der Waals surface area (Å²) in [7, 11) is 0. The molecule has 0 aromatic heterocycles. The lowest BCUT2D eigenvalue weighted by atomic mass is 9.98. The van der Waals surface area contributed by atoms with Gasteiger partial charge in [0.1, 0.15) is 0 Å². The van der Waals surface area contributed by atoms with Crippen molar-refractivity contribution in [3.05, 3.63) is 23.3 Å². The molecule has 0 aliphatic carbocycles. The van der Waals surface area contributed by atoms with Crippen LogP contribution in [0.3, 0.4) is 0 Å². The maximum atomic E-state index is 10.6. The smallest absolute Gasteiger partial charge is 0.330 e. The van der Waals surface area contributed by atoms with Crippen LogP contribution in [0.25, 0.3) is 0 Å². The number of carboxylic acid groups (broad SMARTS) is 2. The first-order valence-electron chi connectivity index (χ1n) is 6.14. The third-order valence-corrected chi connectivity index (χ3v) is 2.89. The summed E-state index contributed by atoms with van der Waals surface area (Å²) in [6, 6.07) is 0. The number of carboxylic acids is 2. The van der Waals surface area contributed by atoms with E-state index in [0.29, 0.717) is 17.1 Å². The second kappa shape index (κ2) is 8.50. The van der Waals surface area contributed by atoms with E-state index in [2.05, 4.69) is 6.92 Å². The molecule has 0 spiro atoms. The highest BCUT2D eigenvalue weighted by Crippen LogP contribution is 2.15. The van der Waals surface area contributed by atoms with Crippen LogP contribution >= 0.6 is 0 Å². The molecule has 4 nitrogen and oxygen atoms in total. The zero-order chi connectivity index (χ0) is 14.1. The Morgan fingerprint density at radius 1 is 0.944 bits per heavy atom. The van der Waals surface area contributed by atoms with Gasteiger partial charge in [-0.1, -0.05) is 19.1 Å². The van der Waals surface area contributed by atoms with Gasteiger partial charge in [-0.25, -0.2) is 9.59 Å². The second-order valence-corrected chi connectivity index (χ2v) is 4.64. The van der Waals surface area contributed by atoms with Crippen LogP contribution in [0.2, 0.25) is 0 Å². The van der Waals surface area contributed by atoms with Gasteiger partial charge in [-0.3, -0.25) is 0 Å². The van der Waals surface area contributed by atoms with Crippen molar-refractivity contribution in [3.63, 3.8) is 0 Å². The quantitative estimate of drug-likeness (QED) is 0.652. The van der Waals surface area contributed by atoms with Crippen molar-refractivity contribution in [1.29, 1.82) is 0 Å². The molecule has 0 aromatic rings. The average molecular weight is 254 g/mol. The van der Waals surface area contributed by atoms with Crippen molar-refractivity contribution >= 4 is 11.9 Å². The van der Waals surface area contributed by atoms with Crippen LogP contribution in [0.5, 0.6) is 0 Å². The summed E-state index contributed by atoms with van der Waals surface area (Å²) < 4.78 is 0. The molecule has 0 aliphatic heterocycles. The fourth-order valence-electron chi connectivity index (χ4n) is 1.49. The van der Waals surface area contributed by atoms with E-state index in [1.165, 1.54) is 0 Å². The first kappa shape index (κ1) is 16.4. The minimum absolute atomic E-state index is 0.379. The lowest BCUT2D eigenvalue weighted by Crippen LogP contribution is -1.98. The van der Waals surface area contributed by atoms with Crippen molar-refractivity contribution < 1.29 is 19.8 Å². The Morgan fingerprint density at radius 2 is 1.28 bits per heavy atom. The number of hydrogen-bond acceptors (Lipinski definition) is 2. The van der Waals surface area contributed by atoms with Gasteiger partial charge in [0, 0.05) is 11.1 Å². The van der Waals surface area contributed by atoms with Crippen molar-refractivity contribution in [2.75, 3.05) is 0 Å². The molecule has 0 saturated carbocycles. The van der Waals surface area contributed by atoms with E-state index in [-0.39, 0.29) is 0 Å². The minimum atomic E-state index is -0.873. The van der Waals surface area contributed by atoms with E-state index >= 15 is 0 Å². The Kier molecular flexibility index (Phi) is 7.76. The molecule has 0 heterocycles. The fourth-order valence-corrected chi connectivity index (χ4v) is 1.49. The van der Waals surface area contributed by atoms with Gasteiger partial charge >= 0.3 is 11.9 Å². The maximum Gasteiger partial charge on any atom is 0.330 e. The van der Waals surface area contributed by atoms with Crippen LogP contribution in [-0.2, 0) is 9.59 Å². The first-order valence-corrected chi connectivity index (χ1v) is 6.14. The molecule has 102 valence electrons. The lowest BCUT2D eigenvalue weighted by molar-refractivity contribution is -0.133. The molecule has 4 heteroatoms. The van der Waals surface area contributed by atoms with Crippen LogP contribution in [0.15, 0.2) is 23.3 Å². The van der Waals surface area contributed by atoms with Gasteiger partial charge in [-0.05, 0) is 45.4 Å². The molecular weight excluding hydrogens is 232 g/mol. The van der Waals surface area contributed by atoms with E-state index in [4.69, 9.17) is 10.2 Å². The van der Waals surface area contributed by atoms with Gasteiger partial charge in [0.2, 0.25) is 0 Å². The largest absolute Gasteiger partial charge is 0.478 e. The molecule has 0 saturated heterocycles. The number of carbonyl (C=O) groups is 2. The zero-order valence-corrected chi connectivity index (χ0v) is 11.3. The van der Waals surface area contributed by atoms with Crippen molar-refractivity contribution in [2.45, 2.75) is 46.5 Å². The molecule has 0 bridgehead atoms. The third kappa shape index (κ3) is 7.65. The molecule has 0 radical (unpaired) electrons. The number of allylic oxidation sites excluding steroid dienone is 2. The van der Waals surface area contributed by atoms with Crippen LogP contribution in [0.4, 0.5) is 0 Å². The summed E-state index contributed by atoms with van der Waals surface area (Å²) in [5, 5.41) is 17.3. The summed E-state index contributed by atoms with van der Waals surface area (Å²) in [4.78, 5) is 21.1. The Bertz CT molecular complexity index is 319. The number of hydrogen-bond donors (Lipinski definition) is 2. The lowest BCUT2D eigenvalue weighted by Gasteiger charge is -2.08.